The zero-order valence-corrected chi connectivity index (χ0v) is 10.4. The van der Waals surface area contributed by atoms with Crippen molar-refractivity contribution in [1.82, 2.24) is 14.9 Å². The van der Waals surface area contributed by atoms with Crippen LogP contribution in [0.4, 0.5) is 5.95 Å². The zero-order chi connectivity index (χ0) is 13.0. The lowest BCUT2D eigenvalue weighted by molar-refractivity contribution is -0.121. The van der Waals surface area contributed by atoms with Crippen molar-refractivity contribution in [3.8, 4) is 0 Å². The number of piperidine rings is 1. The van der Waals surface area contributed by atoms with E-state index in [0.717, 1.165) is 25.9 Å². The average Bonchev–Trinajstić information content (AvgIpc) is 2.40. The molecule has 2 heterocycles. The minimum atomic E-state index is -0.235. The van der Waals surface area contributed by atoms with Gasteiger partial charge in [0.1, 0.15) is 0 Å². The molecule has 1 aliphatic rings. The Morgan fingerprint density at radius 2 is 2.06 bits per heavy atom. The summed E-state index contributed by atoms with van der Waals surface area (Å²) in [7, 11) is 0. The zero-order valence-electron chi connectivity index (χ0n) is 10.4. The molecule has 1 aliphatic heterocycles. The van der Waals surface area contributed by atoms with Crippen molar-refractivity contribution in [2.24, 2.45) is 0 Å². The van der Waals surface area contributed by atoms with Gasteiger partial charge in [-0.25, -0.2) is 9.97 Å². The highest BCUT2D eigenvalue weighted by atomic mass is 16.3. The van der Waals surface area contributed by atoms with Crippen molar-refractivity contribution < 1.29 is 9.90 Å². The second kappa shape index (κ2) is 5.88. The van der Waals surface area contributed by atoms with Gasteiger partial charge in [-0.3, -0.25) is 15.0 Å². The summed E-state index contributed by atoms with van der Waals surface area (Å²) in [5.41, 5.74) is 0. The number of nitrogens with one attached hydrogen (secondary N) is 1. The molecule has 0 radical (unpaired) electrons. The molecule has 1 atom stereocenters. The maximum atomic E-state index is 12.0. The fourth-order valence-corrected chi connectivity index (χ4v) is 2.02. The Morgan fingerprint density at radius 3 is 2.67 bits per heavy atom. The highest BCUT2D eigenvalue weighted by Gasteiger charge is 2.25. The molecule has 0 aromatic carbocycles. The Bertz CT molecular complexity index is 390. The number of nitrogens with zero attached hydrogens (tertiary/aromatic N) is 3. The van der Waals surface area contributed by atoms with Crippen LogP contribution in [0.25, 0.3) is 0 Å². The van der Waals surface area contributed by atoms with Crippen LogP contribution in [0.5, 0.6) is 0 Å². The molecule has 98 valence electrons. The van der Waals surface area contributed by atoms with Crippen LogP contribution in [0.3, 0.4) is 0 Å². The minimum absolute atomic E-state index is 0.113. The highest BCUT2D eigenvalue weighted by Crippen LogP contribution is 2.13. The SMILES string of the molecule is CC(C(=O)Nc1ncccn1)N1CCC(O)CC1. The lowest BCUT2D eigenvalue weighted by atomic mass is 10.1. The molecule has 0 spiro atoms. The van der Waals surface area contributed by atoms with E-state index in [1.165, 1.54) is 0 Å². The van der Waals surface area contributed by atoms with Crippen LogP contribution in [0.15, 0.2) is 18.5 Å². The van der Waals surface area contributed by atoms with Gasteiger partial charge >= 0.3 is 0 Å². The van der Waals surface area contributed by atoms with E-state index in [1.807, 2.05) is 6.92 Å². The molecule has 2 rings (SSSR count). The van der Waals surface area contributed by atoms with Gasteiger partial charge in [-0.1, -0.05) is 0 Å². The third-order valence-electron chi connectivity index (χ3n) is 3.23. The van der Waals surface area contributed by atoms with Crippen molar-refractivity contribution in [3.63, 3.8) is 0 Å². The third-order valence-corrected chi connectivity index (χ3v) is 3.23. The van der Waals surface area contributed by atoms with Gasteiger partial charge in [0.2, 0.25) is 11.9 Å². The molecule has 1 unspecified atom stereocenters. The fourth-order valence-electron chi connectivity index (χ4n) is 2.02. The molecule has 0 aliphatic carbocycles. The van der Waals surface area contributed by atoms with E-state index in [4.69, 9.17) is 0 Å². The maximum Gasteiger partial charge on any atom is 0.243 e. The van der Waals surface area contributed by atoms with Crippen molar-refractivity contribution in [3.05, 3.63) is 18.5 Å². The second-order valence-corrected chi connectivity index (χ2v) is 4.50. The number of rotatable bonds is 3. The van der Waals surface area contributed by atoms with E-state index in [9.17, 15) is 9.90 Å². The molecule has 6 nitrogen and oxygen atoms in total. The summed E-state index contributed by atoms with van der Waals surface area (Å²) in [4.78, 5) is 22.0. The summed E-state index contributed by atoms with van der Waals surface area (Å²) in [6.07, 6.45) is 4.39. The second-order valence-electron chi connectivity index (χ2n) is 4.50. The predicted octanol–water partition coefficient (Wildman–Crippen LogP) is 0.260. The van der Waals surface area contributed by atoms with Crippen LogP contribution in [0.1, 0.15) is 19.8 Å². The number of amides is 1. The average molecular weight is 250 g/mol. The Hall–Kier alpha value is -1.53. The molecule has 1 aromatic rings. The van der Waals surface area contributed by atoms with Crippen molar-refractivity contribution in [2.75, 3.05) is 18.4 Å². The summed E-state index contributed by atoms with van der Waals surface area (Å²) in [6, 6.07) is 1.46. The molecule has 1 aromatic heterocycles. The number of aromatic nitrogens is 2. The van der Waals surface area contributed by atoms with E-state index in [0.29, 0.717) is 5.95 Å². The van der Waals surface area contributed by atoms with Gasteiger partial charge in [-0.2, -0.15) is 0 Å². The number of carbonyl (C=O) groups excluding carboxylic acids is 1. The lowest BCUT2D eigenvalue weighted by Crippen LogP contribution is -2.47. The Balaban J connectivity index is 1.89. The van der Waals surface area contributed by atoms with E-state index in [2.05, 4.69) is 20.2 Å². The summed E-state index contributed by atoms with van der Waals surface area (Å²) in [5, 5.41) is 12.1. The number of carbonyl (C=O) groups is 1. The van der Waals surface area contributed by atoms with Gasteiger partial charge in [0.15, 0.2) is 0 Å². The standard InChI is InChI=1S/C12H18N4O2/c1-9(16-7-3-10(17)4-8-16)11(18)15-12-13-5-2-6-14-12/h2,5-6,9-10,17H,3-4,7-8H2,1H3,(H,13,14,15,18). The van der Waals surface area contributed by atoms with E-state index in [1.54, 1.807) is 18.5 Å². The van der Waals surface area contributed by atoms with Crippen LogP contribution in [0.2, 0.25) is 0 Å². The summed E-state index contributed by atoms with van der Waals surface area (Å²) >= 11 is 0. The lowest BCUT2D eigenvalue weighted by Gasteiger charge is -2.33. The molecule has 1 amide bonds. The van der Waals surface area contributed by atoms with Crippen LogP contribution in [-0.2, 0) is 4.79 Å². The van der Waals surface area contributed by atoms with Crippen LogP contribution in [-0.4, -0.2) is 51.1 Å². The topological polar surface area (TPSA) is 78.4 Å². The first kappa shape index (κ1) is 12.9. The van der Waals surface area contributed by atoms with Crippen LogP contribution >= 0.6 is 0 Å². The van der Waals surface area contributed by atoms with Gasteiger partial charge < -0.3 is 5.11 Å². The van der Waals surface area contributed by atoms with Crippen LogP contribution < -0.4 is 5.32 Å². The highest BCUT2D eigenvalue weighted by molar-refractivity contribution is 5.93. The Morgan fingerprint density at radius 1 is 1.44 bits per heavy atom. The summed E-state index contributed by atoms with van der Waals surface area (Å²) < 4.78 is 0. The predicted molar refractivity (Wildman–Crippen MR) is 66.9 cm³/mol. The smallest absolute Gasteiger partial charge is 0.243 e. The third kappa shape index (κ3) is 3.24. The van der Waals surface area contributed by atoms with Gasteiger partial charge in [0, 0.05) is 25.5 Å². The minimum Gasteiger partial charge on any atom is -0.393 e. The molecule has 2 N–H and O–H groups in total. The van der Waals surface area contributed by atoms with Gasteiger partial charge in [-0.05, 0) is 25.8 Å². The number of aliphatic hydroxyl groups is 1. The number of hydrogen-bond acceptors (Lipinski definition) is 5. The van der Waals surface area contributed by atoms with Gasteiger partial charge in [0.25, 0.3) is 0 Å². The summed E-state index contributed by atoms with van der Waals surface area (Å²) in [5.74, 6) is 0.212. The fraction of sp³-hybridized carbons (Fsp3) is 0.583. The molecular formula is C12H18N4O2. The number of likely N-dealkylation sites (tertiary alicyclic amines) is 1. The maximum absolute atomic E-state index is 12.0. The quantitative estimate of drug-likeness (QED) is 0.804. The molecule has 1 fully saturated rings. The largest absolute Gasteiger partial charge is 0.393 e. The number of hydrogen-bond donors (Lipinski definition) is 2. The molecule has 6 heteroatoms. The van der Waals surface area contributed by atoms with Crippen molar-refractivity contribution in [2.45, 2.75) is 31.9 Å². The monoisotopic (exact) mass is 250 g/mol. The molecule has 1 saturated heterocycles. The Kier molecular flexibility index (Phi) is 4.22. The van der Waals surface area contributed by atoms with E-state index < -0.39 is 0 Å². The van der Waals surface area contributed by atoms with E-state index >= 15 is 0 Å². The molecule has 0 saturated carbocycles. The molecular weight excluding hydrogens is 232 g/mol. The number of anilines is 1. The first-order valence-corrected chi connectivity index (χ1v) is 6.17. The number of aliphatic hydroxyl groups excluding tert-OH is 1. The summed E-state index contributed by atoms with van der Waals surface area (Å²) in [6.45, 7) is 3.34. The first-order chi connectivity index (χ1) is 8.66. The first-order valence-electron chi connectivity index (χ1n) is 6.17. The normalized spacial score (nSPS) is 19.4. The van der Waals surface area contributed by atoms with Crippen LogP contribution in [0, 0.1) is 0 Å². The Labute approximate surface area is 106 Å². The van der Waals surface area contributed by atoms with Crippen molar-refractivity contribution in [1.29, 1.82) is 0 Å². The molecule has 0 bridgehead atoms. The van der Waals surface area contributed by atoms with Gasteiger partial charge in [0.05, 0.1) is 12.1 Å². The molecule has 18 heavy (non-hydrogen) atoms. The van der Waals surface area contributed by atoms with Crippen molar-refractivity contribution >= 4 is 11.9 Å². The van der Waals surface area contributed by atoms with Gasteiger partial charge in [-0.15, -0.1) is 0 Å². The van der Waals surface area contributed by atoms with E-state index in [-0.39, 0.29) is 18.1 Å².